The van der Waals surface area contributed by atoms with E-state index in [1.807, 2.05) is 0 Å². The molecule has 2 aromatic heterocycles. The largest absolute Gasteiger partial charge is 0.477 e. The smallest absolute Gasteiger partial charge is 0.347 e. The highest BCUT2D eigenvalue weighted by molar-refractivity contribution is 9.10. The van der Waals surface area contributed by atoms with Crippen LogP contribution in [-0.2, 0) is 10.0 Å². The van der Waals surface area contributed by atoms with E-state index < -0.39 is 16.0 Å². The number of halogens is 1. The maximum Gasteiger partial charge on any atom is 0.347 e. The number of nitrogens with zero attached hydrogens (tertiary/aromatic N) is 1. The minimum absolute atomic E-state index is 0.208. The minimum atomic E-state index is -3.98. The zero-order chi connectivity index (χ0) is 14.9. The minimum Gasteiger partial charge on any atom is -0.477 e. The highest BCUT2D eigenvalue weighted by Gasteiger charge is 2.27. The number of pyridine rings is 1. The summed E-state index contributed by atoms with van der Waals surface area (Å²) in [5, 5.41) is 10.6. The lowest BCUT2D eigenvalue weighted by molar-refractivity contribution is 0.0698. The zero-order valence-corrected chi connectivity index (χ0v) is 13.3. The van der Waals surface area contributed by atoms with Crippen molar-refractivity contribution in [3.63, 3.8) is 0 Å². The summed E-state index contributed by atoms with van der Waals surface area (Å²) in [7, 11) is -3.98. The van der Waals surface area contributed by atoms with E-state index in [1.165, 1.54) is 23.8 Å². The van der Waals surface area contributed by atoms with Gasteiger partial charge >= 0.3 is 5.97 Å². The normalized spacial score (nSPS) is 11.3. The Morgan fingerprint density at radius 3 is 2.80 bits per heavy atom. The molecule has 0 amide bonds. The van der Waals surface area contributed by atoms with Crippen molar-refractivity contribution in [2.75, 3.05) is 4.72 Å². The van der Waals surface area contributed by atoms with Crippen LogP contribution < -0.4 is 4.72 Å². The Morgan fingerprint density at radius 1 is 1.50 bits per heavy atom. The lowest BCUT2D eigenvalue weighted by Crippen LogP contribution is -2.16. The van der Waals surface area contributed by atoms with E-state index in [0.717, 1.165) is 11.3 Å². The number of carbonyl (C=O) groups is 1. The number of nitrogens with one attached hydrogen (secondary N) is 1. The van der Waals surface area contributed by atoms with Gasteiger partial charge in [-0.3, -0.25) is 9.71 Å². The molecule has 2 rings (SSSR count). The summed E-state index contributed by atoms with van der Waals surface area (Å²) in [6.07, 6.45) is 2.87. The number of aromatic nitrogens is 1. The van der Waals surface area contributed by atoms with Crippen LogP contribution in [0.4, 0.5) is 5.69 Å². The van der Waals surface area contributed by atoms with Crippen molar-refractivity contribution in [2.45, 2.75) is 11.8 Å². The Bertz CT molecular complexity index is 770. The second kappa shape index (κ2) is 5.51. The molecule has 0 fully saturated rings. The summed E-state index contributed by atoms with van der Waals surface area (Å²) >= 11 is 4.06. The van der Waals surface area contributed by atoms with Gasteiger partial charge in [0.2, 0.25) is 0 Å². The van der Waals surface area contributed by atoms with E-state index in [0.29, 0.717) is 15.7 Å². The van der Waals surface area contributed by atoms with Crippen molar-refractivity contribution < 1.29 is 18.3 Å². The van der Waals surface area contributed by atoms with E-state index in [1.54, 1.807) is 6.92 Å². The molecular weight excluding hydrogens is 368 g/mol. The molecule has 0 saturated heterocycles. The first-order valence-electron chi connectivity index (χ1n) is 5.26. The number of aromatic carboxylic acids is 1. The van der Waals surface area contributed by atoms with Crippen LogP contribution in [0.15, 0.2) is 33.2 Å². The van der Waals surface area contributed by atoms with Gasteiger partial charge in [0.15, 0.2) is 0 Å². The third kappa shape index (κ3) is 2.84. The fraction of sp³-hybridized carbons (Fsp3) is 0.0909. The van der Waals surface area contributed by atoms with E-state index in [9.17, 15) is 13.2 Å². The first kappa shape index (κ1) is 14.9. The van der Waals surface area contributed by atoms with Gasteiger partial charge in [0.05, 0.1) is 10.2 Å². The molecule has 0 bridgehead atoms. The van der Waals surface area contributed by atoms with E-state index in [2.05, 4.69) is 25.6 Å². The van der Waals surface area contributed by atoms with Crippen LogP contribution in [0.3, 0.4) is 0 Å². The number of rotatable bonds is 4. The maximum absolute atomic E-state index is 12.4. The van der Waals surface area contributed by atoms with Gasteiger partial charge in [-0.15, -0.1) is 11.3 Å². The first-order chi connectivity index (χ1) is 9.33. The predicted octanol–water partition coefficient (Wildman–Crippen LogP) is 2.71. The molecule has 20 heavy (non-hydrogen) atoms. The maximum atomic E-state index is 12.4. The van der Waals surface area contributed by atoms with Gasteiger partial charge in [-0.1, -0.05) is 0 Å². The molecule has 9 heteroatoms. The molecule has 0 saturated carbocycles. The van der Waals surface area contributed by atoms with Gasteiger partial charge in [-0.05, 0) is 39.9 Å². The molecule has 0 aromatic carbocycles. The number of sulfonamides is 1. The monoisotopic (exact) mass is 376 g/mol. The Labute approximate surface area is 127 Å². The van der Waals surface area contributed by atoms with Crippen LogP contribution in [0.25, 0.3) is 0 Å². The molecule has 2 N–H and O–H groups in total. The van der Waals surface area contributed by atoms with Gasteiger partial charge in [-0.25, -0.2) is 13.2 Å². The molecule has 0 unspecified atom stereocenters. The third-order valence-corrected chi connectivity index (χ3v) is 5.80. The lowest BCUT2D eigenvalue weighted by atomic mass is 10.3. The van der Waals surface area contributed by atoms with Gasteiger partial charge < -0.3 is 5.11 Å². The van der Waals surface area contributed by atoms with Crippen LogP contribution >= 0.6 is 27.3 Å². The van der Waals surface area contributed by atoms with Gasteiger partial charge in [-0.2, -0.15) is 0 Å². The number of anilines is 1. The molecule has 0 radical (unpaired) electrons. The Kier molecular flexibility index (Phi) is 4.11. The fourth-order valence-corrected chi connectivity index (χ4v) is 4.76. The second-order valence-corrected chi connectivity index (χ2v) is 7.20. The quantitative estimate of drug-likeness (QED) is 0.854. The van der Waals surface area contributed by atoms with E-state index in [-0.39, 0.29) is 9.77 Å². The number of hydrogen-bond acceptors (Lipinski definition) is 5. The van der Waals surface area contributed by atoms with Crippen LogP contribution in [0.2, 0.25) is 0 Å². The summed E-state index contributed by atoms with van der Waals surface area (Å²) in [6, 6.07) is 1.48. The Morgan fingerprint density at radius 2 is 2.20 bits per heavy atom. The highest BCUT2D eigenvalue weighted by atomic mass is 79.9. The average Bonchev–Trinajstić information content (AvgIpc) is 2.75. The molecule has 0 spiro atoms. The first-order valence-corrected chi connectivity index (χ1v) is 8.42. The van der Waals surface area contributed by atoms with Crippen molar-refractivity contribution in [1.82, 2.24) is 4.98 Å². The number of thiophene rings is 1. The molecule has 6 nitrogen and oxygen atoms in total. The molecule has 0 aliphatic heterocycles. The van der Waals surface area contributed by atoms with Crippen LogP contribution in [-0.4, -0.2) is 24.5 Å². The van der Waals surface area contributed by atoms with Crippen molar-refractivity contribution in [3.8, 4) is 0 Å². The SMILES string of the molecule is Cc1csc(C(=O)O)c1S(=O)(=O)Nc1ccncc1Br. The van der Waals surface area contributed by atoms with Crippen molar-refractivity contribution in [1.29, 1.82) is 0 Å². The summed E-state index contributed by atoms with van der Waals surface area (Å²) in [5.41, 5.74) is 0.687. The summed E-state index contributed by atoms with van der Waals surface area (Å²) in [5.74, 6) is -1.27. The van der Waals surface area contributed by atoms with E-state index in [4.69, 9.17) is 5.11 Å². The summed E-state index contributed by atoms with van der Waals surface area (Å²) < 4.78 is 27.5. The molecular formula is C11H9BrN2O4S2. The third-order valence-electron chi connectivity index (χ3n) is 2.40. The fourth-order valence-electron chi connectivity index (χ4n) is 1.57. The molecule has 2 aromatic rings. The molecule has 2 heterocycles. The second-order valence-electron chi connectivity index (χ2n) is 3.84. The lowest BCUT2D eigenvalue weighted by Gasteiger charge is -2.10. The summed E-state index contributed by atoms with van der Waals surface area (Å²) in [4.78, 5) is 14.5. The Balaban J connectivity index is 2.49. The van der Waals surface area contributed by atoms with Crippen molar-refractivity contribution >= 4 is 48.9 Å². The number of aryl methyl sites for hydroxylation is 1. The van der Waals surface area contributed by atoms with Crippen molar-refractivity contribution in [3.05, 3.63) is 38.8 Å². The van der Waals surface area contributed by atoms with Crippen molar-refractivity contribution in [2.24, 2.45) is 0 Å². The summed E-state index contributed by atoms with van der Waals surface area (Å²) in [6.45, 7) is 1.55. The molecule has 0 atom stereocenters. The topological polar surface area (TPSA) is 96.4 Å². The van der Waals surface area contributed by atoms with Crippen LogP contribution in [0.5, 0.6) is 0 Å². The van der Waals surface area contributed by atoms with E-state index >= 15 is 0 Å². The van der Waals surface area contributed by atoms with Gasteiger partial charge in [0.25, 0.3) is 10.0 Å². The zero-order valence-electron chi connectivity index (χ0n) is 10.1. The highest BCUT2D eigenvalue weighted by Crippen LogP contribution is 2.30. The van der Waals surface area contributed by atoms with Gasteiger partial charge in [0.1, 0.15) is 9.77 Å². The number of carboxylic acid groups (broad SMARTS) is 1. The predicted molar refractivity (Wildman–Crippen MR) is 78.8 cm³/mol. The van der Waals surface area contributed by atoms with Gasteiger partial charge in [0, 0.05) is 12.4 Å². The van der Waals surface area contributed by atoms with Crippen LogP contribution in [0.1, 0.15) is 15.2 Å². The standard InChI is InChI=1S/C11H9BrN2O4S2/c1-6-5-19-9(11(15)16)10(6)20(17,18)14-8-2-3-13-4-7(8)12/h2-5H,1H3,(H,13,14)(H,15,16). The number of hydrogen-bond donors (Lipinski definition) is 2. The molecule has 0 aliphatic rings. The molecule has 0 aliphatic carbocycles. The number of carboxylic acids is 1. The molecule has 106 valence electrons. The average molecular weight is 377 g/mol. The Hall–Kier alpha value is -1.45. The van der Waals surface area contributed by atoms with Crippen LogP contribution in [0, 0.1) is 6.92 Å².